The van der Waals surface area contributed by atoms with Crippen LogP contribution in [0.5, 0.6) is 11.5 Å². The summed E-state index contributed by atoms with van der Waals surface area (Å²) in [5, 5.41) is 40.1. The summed E-state index contributed by atoms with van der Waals surface area (Å²) in [7, 11) is 0. The van der Waals surface area contributed by atoms with Crippen molar-refractivity contribution in [1.82, 2.24) is 0 Å². The third-order valence-corrected chi connectivity index (χ3v) is 7.98. The number of aliphatic imine (C=N–C) groups is 2. The zero-order valence-corrected chi connectivity index (χ0v) is 36.1. The molecule has 0 unspecified atom stereocenters. The number of carboxylic acids is 2. The topological polar surface area (TPSA) is 145 Å². The van der Waals surface area contributed by atoms with E-state index in [1.165, 1.54) is 11.1 Å². The average molecular weight is 780 g/mol. The van der Waals surface area contributed by atoms with Crippen LogP contribution in [0.2, 0.25) is 0 Å². The van der Waals surface area contributed by atoms with Crippen LogP contribution in [0, 0.1) is 21.7 Å². The summed E-state index contributed by atoms with van der Waals surface area (Å²) in [5.41, 5.74) is 6.73. The molecule has 9 heteroatoms. The molecule has 1 fully saturated rings. The van der Waals surface area contributed by atoms with Gasteiger partial charge < -0.3 is 30.0 Å². The molecule has 1 radical (unpaired) electrons. The maximum Gasteiger partial charge on any atom is 2.00 e. The van der Waals surface area contributed by atoms with E-state index in [9.17, 15) is 10.2 Å². The van der Waals surface area contributed by atoms with Crippen molar-refractivity contribution >= 4 is 24.4 Å². The number of carboxylic acid groups (broad SMARTS) is 2. The van der Waals surface area contributed by atoms with Gasteiger partial charge in [0.05, 0.1) is 12.1 Å². The summed E-state index contributed by atoms with van der Waals surface area (Å²) in [6.45, 7) is 28.8. The number of hydrogen-bond donors (Lipinski definition) is 2. The number of carbonyl (C=O) groups is 2. The van der Waals surface area contributed by atoms with E-state index in [4.69, 9.17) is 29.8 Å². The predicted octanol–water partition coefficient (Wildman–Crippen LogP) is 7.81. The van der Waals surface area contributed by atoms with Crippen molar-refractivity contribution in [2.75, 3.05) is 0 Å². The molecule has 3 rings (SSSR count). The molecule has 8 nitrogen and oxygen atoms in total. The molecule has 2 aromatic rings. The Morgan fingerprint density at radius 2 is 0.830 bits per heavy atom. The molecule has 0 aliphatic heterocycles. The van der Waals surface area contributed by atoms with Crippen molar-refractivity contribution in [1.29, 1.82) is 0 Å². The van der Waals surface area contributed by atoms with Gasteiger partial charge in [0.15, 0.2) is 0 Å². The van der Waals surface area contributed by atoms with E-state index in [0.29, 0.717) is 11.5 Å². The minimum absolute atomic E-state index is 0. The largest absolute Gasteiger partial charge is 2.00 e. The van der Waals surface area contributed by atoms with Gasteiger partial charge in [-0.05, 0) is 121 Å². The number of rotatable bonds is 8. The van der Waals surface area contributed by atoms with Gasteiger partial charge in [-0.25, -0.2) is 0 Å². The summed E-state index contributed by atoms with van der Waals surface area (Å²) in [5.74, 6) is -1.42. The Morgan fingerprint density at radius 1 is 0.585 bits per heavy atom. The maximum absolute atomic E-state index is 11.2. The fourth-order valence-corrected chi connectivity index (χ4v) is 6.34. The number of phenolic OH excluding ortho intramolecular Hbond substituents is 2. The Hall–Kier alpha value is -3.17. The number of nitrogens with zero attached hydrogens (tertiary/aromatic N) is 2. The predicted molar refractivity (Wildman–Crippen MR) is 211 cm³/mol. The van der Waals surface area contributed by atoms with Crippen LogP contribution in [-0.4, -0.2) is 46.7 Å². The molecule has 0 saturated heterocycles. The van der Waals surface area contributed by atoms with Gasteiger partial charge in [0.1, 0.15) is 11.5 Å². The summed E-state index contributed by atoms with van der Waals surface area (Å²) in [6.07, 6.45) is 11.3. The Morgan fingerprint density at radius 3 is 1.06 bits per heavy atom. The average Bonchev–Trinajstić information content (AvgIpc) is 2.91. The normalized spacial score (nSPS) is 16.6. The SMILES string of the molecule is CC(=O)[O-].CC(=O)[O-].CC(C)(C)Cc1cc(C=NC2CCC(N=Cc3cc(CC(C)(C)C)cc(CC(C)(C)C)c3O)CC2)c(O)c(CC(C)(C)C)c1.[Co+2]. The number of aromatic hydroxyl groups is 2. The Bertz CT molecular complexity index is 1400. The van der Waals surface area contributed by atoms with Gasteiger partial charge in [0.25, 0.3) is 0 Å². The molecule has 2 aromatic carbocycles. The summed E-state index contributed by atoms with van der Waals surface area (Å²) in [4.78, 5) is 27.7. The molecule has 0 aromatic heterocycles. The molecule has 0 spiro atoms. The molecule has 1 saturated carbocycles. The summed E-state index contributed by atoms with van der Waals surface area (Å²) in [6, 6.07) is 9.10. The van der Waals surface area contributed by atoms with E-state index in [0.717, 1.165) is 87.5 Å². The first-order chi connectivity index (χ1) is 23.5. The molecule has 53 heavy (non-hydrogen) atoms. The van der Waals surface area contributed by atoms with Crippen LogP contribution in [0.15, 0.2) is 34.3 Å². The number of phenols is 2. The molecule has 0 bridgehead atoms. The van der Waals surface area contributed by atoms with E-state index >= 15 is 0 Å². The van der Waals surface area contributed by atoms with E-state index in [1.807, 2.05) is 12.4 Å². The quantitative estimate of drug-likeness (QED) is 0.262. The molecule has 0 heterocycles. The monoisotopic (exact) mass is 779 g/mol. The van der Waals surface area contributed by atoms with Gasteiger partial charge in [0.2, 0.25) is 0 Å². The second kappa shape index (κ2) is 21.1. The van der Waals surface area contributed by atoms with Gasteiger partial charge in [-0.2, -0.15) is 0 Å². The minimum atomic E-state index is -1.08. The fourth-order valence-electron chi connectivity index (χ4n) is 6.34. The molecule has 2 N–H and O–H groups in total. The number of aliphatic carboxylic acids is 2. The van der Waals surface area contributed by atoms with Crippen molar-refractivity contribution in [3.05, 3.63) is 57.6 Å². The zero-order chi connectivity index (χ0) is 40.2. The first-order valence-electron chi connectivity index (χ1n) is 18.6. The van der Waals surface area contributed by atoms with Crippen LogP contribution in [-0.2, 0) is 52.1 Å². The van der Waals surface area contributed by atoms with Gasteiger partial charge in [-0.3, -0.25) is 9.98 Å². The third kappa shape index (κ3) is 22.6. The molecule has 0 atom stereocenters. The van der Waals surface area contributed by atoms with Crippen LogP contribution in [0.1, 0.15) is 156 Å². The van der Waals surface area contributed by atoms with Crippen LogP contribution < -0.4 is 10.2 Å². The third-order valence-electron chi connectivity index (χ3n) is 7.98. The van der Waals surface area contributed by atoms with Crippen molar-refractivity contribution in [3.63, 3.8) is 0 Å². The number of carbonyl (C=O) groups excluding carboxylic acids is 2. The van der Waals surface area contributed by atoms with Crippen LogP contribution in [0.3, 0.4) is 0 Å². The van der Waals surface area contributed by atoms with E-state index < -0.39 is 11.9 Å². The number of hydrogen-bond acceptors (Lipinski definition) is 8. The van der Waals surface area contributed by atoms with Gasteiger partial charge in [-0.15, -0.1) is 0 Å². The second-order valence-electron chi connectivity index (χ2n) is 19.3. The van der Waals surface area contributed by atoms with E-state index in [1.54, 1.807) is 0 Å². The second-order valence-corrected chi connectivity index (χ2v) is 19.3. The molecule has 299 valence electrons. The van der Waals surface area contributed by atoms with Crippen molar-refractivity contribution in [2.45, 2.75) is 160 Å². The molecular formula is C44H68CoN2O6. The summed E-state index contributed by atoms with van der Waals surface area (Å²) >= 11 is 0. The Kier molecular flexibility index (Phi) is 19.8. The van der Waals surface area contributed by atoms with Crippen molar-refractivity contribution in [2.24, 2.45) is 31.6 Å². The van der Waals surface area contributed by atoms with Crippen molar-refractivity contribution in [3.8, 4) is 11.5 Å². The van der Waals surface area contributed by atoms with Crippen molar-refractivity contribution < 1.29 is 46.8 Å². The zero-order valence-electron chi connectivity index (χ0n) is 35.0. The minimum Gasteiger partial charge on any atom is -0.550 e. The van der Waals surface area contributed by atoms with E-state index in [-0.39, 0.29) is 50.5 Å². The molecule has 1 aliphatic rings. The summed E-state index contributed by atoms with van der Waals surface area (Å²) < 4.78 is 0. The smallest absolute Gasteiger partial charge is 0.550 e. The molecular weight excluding hydrogens is 711 g/mol. The van der Waals surface area contributed by atoms with Crippen LogP contribution in [0.4, 0.5) is 0 Å². The van der Waals surface area contributed by atoms with Crippen LogP contribution >= 0.6 is 0 Å². The first kappa shape index (κ1) is 49.8. The van der Waals surface area contributed by atoms with Gasteiger partial charge >= 0.3 is 16.8 Å². The van der Waals surface area contributed by atoms with Crippen LogP contribution in [0.25, 0.3) is 0 Å². The number of benzene rings is 2. The fraction of sp³-hybridized carbons (Fsp3) is 0.636. The maximum atomic E-state index is 11.2. The van der Waals surface area contributed by atoms with Gasteiger partial charge in [-0.1, -0.05) is 95.2 Å². The molecule has 1 aliphatic carbocycles. The first-order valence-corrected chi connectivity index (χ1v) is 18.6. The Balaban J connectivity index is 0.00000272. The van der Waals surface area contributed by atoms with Gasteiger partial charge in [0, 0.05) is 35.5 Å². The standard InChI is InChI=1S/C40H62N2O2.2C2H4O2.Co/c1-37(2,3)21-27-17-29(23-39(7,8)9)35(43)31(19-27)25-41-33-13-15-34(16-14-33)42-26-32-20-28(22-38(4,5)6)18-30(36(32)44)24-40(10,11)12;2*1-2(3)4;/h17-20,25-26,33-34,43-44H,13-16,21-24H2,1-12H3;2*1H3,(H,3,4);/q;;;+2/p-2. The molecule has 0 amide bonds. The Labute approximate surface area is 331 Å². The van der Waals surface area contributed by atoms with E-state index in [2.05, 4.69) is 107 Å².